The molecule has 0 N–H and O–H groups in total. The minimum Gasteiger partial charge on any atom is -0.366 e. The Bertz CT molecular complexity index is 1410. The van der Waals surface area contributed by atoms with Crippen LogP contribution in [0.15, 0.2) is 58.4 Å². The Morgan fingerprint density at radius 2 is 1.78 bits per heavy atom. The van der Waals surface area contributed by atoms with E-state index in [2.05, 4.69) is 6.92 Å². The number of hydrogen-bond acceptors (Lipinski definition) is 7. The number of fused-ring (bicyclic) bond motifs is 1. The Morgan fingerprint density at radius 1 is 1.06 bits per heavy atom. The summed E-state index contributed by atoms with van der Waals surface area (Å²) in [5.41, 5.74) is 1.21. The summed E-state index contributed by atoms with van der Waals surface area (Å²) in [6, 6.07) is 12.1. The second kappa shape index (κ2) is 10.4. The molecular formula is C26H26FN5O2S2. The number of carbonyl (C=O) groups is 1. The Kier molecular flexibility index (Phi) is 7.06. The van der Waals surface area contributed by atoms with Gasteiger partial charge in [-0.1, -0.05) is 55.5 Å². The molecule has 186 valence electrons. The van der Waals surface area contributed by atoms with Crippen LogP contribution < -0.4 is 15.4 Å². The molecular weight excluding hydrogens is 497 g/mol. The van der Waals surface area contributed by atoms with E-state index in [1.54, 1.807) is 41.4 Å². The van der Waals surface area contributed by atoms with Crippen molar-refractivity contribution in [1.29, 1.82) is 0 Å². The number of amides is 1. The summed E-state index contributed by atoms with van der Waals surface area (Å²) in [6.45, 7) is 4.90. The van der Waals surface area contributed by atoms with Crippen molar-refractivity contribution in [3.63, 3.8) is 0 Å². The lowest BCUT2D eigenvalue weighted by Gasteiger charge is -2.37. The van der Waals surface area contributed by atoms with Gasteiger partial charge in [0.15, 0.2) is 0 Å². The van der Waals surface area contributed by atoms with E-state index >= 15 is 0 Å². The minimum absolute atomic E-state index is 0.175. The lowest BCUT2D eigenvalue weighted by Crippen LogP contribution is -2.47. The molecule has 0 aliphatic carbocycles. The van der Waals surface area contributed by atoms with Gasteiger partial charge in [0.1, 0.15) is 21.6 Å². The zero-order valence-corrected chi connectivity index (χ0v) is 21.5. The molecule has 1 aromatic carbocycles. The van der Waals surface area contributed by atoms with E-state index in [4.69, 9.17) is 17.2 Å². The van der Waals surface area contributed by atoms with Crippen molar-refractivity contribution in [2.45, 2.75) is 19.8 Å². The van der Waals surface area contributed by atoms with E-state index in [9.17, 15) is 14.0 Å². The van der Waals surface area contributed by atoms with E-state index in [0.717, 1.165) is 12.8 Å². The van der Waals surface area contributed by atoms with Crippen LogP contribution in [0, 0.1) is 5.82 Å². The number of nitrogens with zero attached hydrogens (tertiary/aromatic N) is 5. The van der Waals surface area contributed by atoms with Gasteiger partial charge in [-0.15, -0.1) is 0 Å². The topological polar surface area (TPSA) is 61.2 Å². The number of para-hydroxylation sites is 1. The van der Waals surface area contributed by atoms with Crippen molar-refractivity contribution in [1.82, 2.24) is 14.3 Å². The van der Waals surface area contributed by atoms with Crippen LogP contribution in [0.3, 0.4) is 0 Å². The molecule has 0 saturated carbocycles. The summed E-state index contributed by atoms with van der Waals surface area (Å²) in [7, 11) is 0. The Morgan fingerprint density at radius 3 is 2.53 bits per heavy atom. The van der Waals surface area contributed by atoms with Crippen molar-refractivity contribution < 1.29 is 9.18 Å². The molecule has 7 nitrogen and oxygen atoms in total. The first-order valence-corrected chi connectivity index (χ1v) is 13.2. The molecule has 0 atom stereocenters. The van der Waals surface area contributed by atoms with Crippen molar-refractivity contribution in [2.24, 2.45) is 0 Å². The number of hydrogen-bond donors (Lipinski definition) is 0. The first kappa shape index (κ1) is 24.5. The van der Waals surface area contributed by atoms with Gasteiger partial charge in [0.25, 0.3) is 11.5 Å². The van der Waals surface area contributed by atoms with Crippen LogP contribution in [-0.2, 0) is 4.79 Å². The summed E-state index contributed by atoms with van der Waals surface area (Å²) >= 11 is 6.66. The molecule has 0 spiro atoms. The normalized spacial score (nSPS) is 17.6. The second-order valence-electron chi connectivity index (χ2n) is 8.70. The lowest BCUT2D eigenvalue weighted by atomic mass is 10.2. The summed E-state index contributed by atoms with van der Waals surface area (Å²) in [5.74, 6) is 0.100. The van der Waals surface area contributed by atoms with Gasteiger partial charge in [-0.05, 0) is 36.8 Å². The lowest BCUT2D eigenvalue weighted by molar-refractivity contribution is -0.122. The Hall–Kier alpha value is -3.24. The largest absolute Gasteiger partial charge is 0.366 e. The number of thioether (sulfide) groups is 1. The van der Waals surface area contributed by atoms with Gasteiger partial charge in [-0.3, -0.25) is 18.9 Å². The van der Waals surface area contributed by atoms with E-state index in [0.29, 0.717) is 64.7 Å². The van der Waals surface area contributed by atoms with Crippen LogP contribution in [0.25, 0.3) is 11.7 Å². The van der Waals surface area contributed by atoms with Crippen LogP contribution in [-0.4, -0.2) is 57.2 Å². The number of piperazine rings is 1. The average molecular weight is 524 g/mol. The molecule has 10 heteroatoms. The highest BCUT2D eigenvalue weighted by atomic mass is 32.2. The van der Waals surface area contributed by atoms with Crippen LogP contribution in [0.1, 0.15) is 25.3 Å². The molecule has 2 aromatic heterocycles. The number of thiocarbonyl (C=S) groups is 1. The first-order valence-electron chi connectivity index (χ1n) is 12.0. The van der Waals surface area contributed by atoms with Gasteiger partial charge in [0, 0.05) is 38.9 Å². The van der Waals surface area contributed by atoms with Gasteiger partial charge in [0.05, 0.1) is 16.2 Å². The van der Waals surface area contributed by atoms with Crippen LogP contribution >= 0.6 is 24.0 Å². The number of pyridine rings is 1. The zero-order chi connectivity index (χ0) is 25.2. The number of benzene rings is 1. The smallest absolute Gasteiger partial charge is 0.267 e. The molecule has 5 rings (SSSR count). The molecule has 2 fully saturated rings. The van der Waals surface area contributed by atoms with E-state index < -0.39 is 0 Å². The number of carbonyl (C=O) groups excluding carboxylic acids is 1. The molecule has 3 aromatic rings. The summed E-state index contributed by atoms with van der Waals surface area (Å²) in [6.07, 6.45) is 5.12. The molecule has 4 heterocycles. The fraction of sp³-hybridized carbons (Fsp3) is 0.308. The van der Waals surface area contributed by atoms with Gasteiger partial charge < -0.3 is 9.80 Å². The summed E-state index contributed by atoms with van der Waals surface area (Å²) in [5, 5.41) is 0. The highest BCUT2D eigenvalue weighted by Crippen LogP contribution is 2.34. The predicted molar refractivity (Wildman–Crippen MR) is 147 cm³/mol. The second-order valence-corrected chi connectivity index (χ2v) is 10.4. The van der Waals surface area contributed by atoms with Crippen molar-refractivity contribution >= 4 is 57.4 Å². The standard InChI is InChI=1S/C26H26FN5O2S2/c1-2-3-11-32-25(34)21(36-26(32)35)17-18-23(28-22-10-6-7-12-31(22)24(18)33)30-15-13-29(14-16-30)20-9-5-4-8-19(20)27/h4-10,12,17H,2-3,11,13-16H2,1H3. The molecule has 0 radical (unpaired) electrons. The van der Waals surface area contributed by atoms with E-state index in [1.165, 1.54) is 22.2 Å². The maximum Gasteiger partial charge on any atom is 0.267 e. The Balaban J connectivity index is 1.50. The maximum atomic E-state index is 14.3. The van der Waals surface area contributed by atoms with Crippen molar-refractivity contribution in [2.75, 3.05) is 42.5 Å². The van der Waals surface area contributed by atoms with Crippen LogP contribution in [0.5, 0.6) is 0 Å². The molecule has 2 aliphatic rings. The van der Waals surface area contributed by atoms with Gasteiger partial charge in [0.2, 0.25) is 0 Å². The van der Waals surface area contributed by atoms with Gasteiger partial charge in [-0.2, -0.15) is 0 Å². The summed E-state index contributed by atoms with van der Waals surface area (Å²) < 4.78 is 16.3. The number of rotatable bonds is 6. The summed E-state index contributed by atoms with van der Waals surface area (Å²) in [4.78, 5) is 37.5. The number of unbranched alkanes of at least 4 members (excludes halogenated alkanes) is 1. The molecule has 1 amide bonds. The fourth-order valence-corrected chi connectivity index (χ4v) is 5.76. The van der Waals surface area contributed by atoms with Crippen molar-refractivity contribution in [3.05, 3.63) is 75.3 Å². The third-order valence-electron chi connectivity index (χ3n) is 6.41. The highest BCUT2D eigenvalue weighted by molar-refractivity contribution is 8.26. The predicted octanol–water partition coefficient (Wildman–Crippen LogP) is 4.16. The van der Waals surface area contributed by atoms with E-state index in [1.807, 2.05) is 21.9 Å². The number of anilines is 2. The van der Waals surface area contributed by atoms with Crippen molar-refractivity contribution in [3.8, 4) is 0 Å². The molecule has 0 unspecified atom stereocenters. The third-order valence-corrected chi connectivity index (χ3v) is 7.78. The minimum atomic E-state index is -0.251. The average Bonchev–Trinajstić information content (AvgIpc) is 3.16. The maximum absolute atomic E-state index is 14.3. The number of aromatic nitrogens is 2. The molecule has 0 bridgehead atoms. The fourth-order valence-electron chi connectivity index (χ4n) is 4.47. The molecule has 36 heavy (non-hydrogen) atoms. The number of halogens is 1. The first-order chi connectivity index (χ1) is 17.5. The Labute approximate surface area is 218 Å². The van der Waals surface area contributed by atoms with Crippen LogP contribution in [0.4, 0.5) is 15.9 Å². The van der Waals surface area contributed by atoms with Crippen LogP contribution in [0.2, 0.25) is 0 Å². The molecule has 2 saturated heterocycles. The van der Waals surface area contributed by atoms with Gasteiger partial charge >= 0.3 is 0 Å². The van der Waals surface area contributed by atoms with Gasteiger partial charge in [-0.25, -0.2) is 9.37 Å². The third kappa shape index (κ3) is 4.62. The SMILES string of the molecule is CCCCN1C(=O)C(=Cc2c(N3CCN(c4ccccc4F)CC3)nc3ccccn3c2=O)SC1=S. The van der Waals surface area contributed by atoms with E-state index in [-0.39, 0.29) is 17.3 Å². The monoisotopic (exact) mass is 523 g/mol. The quantitative estimate of drug-likeness (QED) is 0.355. The zero-order valence-electron chi connectivity index (χ0n) is 19.9. The highest BCUT2D eigenvalue weighted by Gasteiger charge is 2.33. The molecule has 2 aliphatic heterocycles.